The number of H-pyrrole nitrogens is 3. The van der Waals surface area contributed by atoms with Crippen LogP contribution >= 0.6 is 0 Å². The monoisotopic (exact) mass is 354 g/mol. The van der Waals surface area contributed by atoms with E-state index in [9.17, 15) is 4.79 Å². The molecule has 0 aromatic carbocycles. The first kappa shape index (κ1) is 18.1. The minimum absolute atomic E-state index is 0.188. The molecule has 0 spiro atoms. The summed E-state index contributed by atoms with van der Waals surface area (Å²) in [6.07, 6.45) is 5.53. The van der Waals surface area contributed by atoms with Crippen LogP contribution in [0.25, 0.3) is 11.3 Å². The number of aromatic amines is 3. The number of hydrogen-bond acceptors (Lipinski definition) is 4. The Morgan fingerprint density at radius 3 is 2.54 bits per heavy atom. The molecule has 3 rings (SSSR count). The molecule has 3 aromatic rings. The molecule has 0 unspecified atom stereocenters. The van der Waals surface area contributed by atoms with E-state index in [0.717, 1.165) is 17.9 Å². The molecule has 0 amide bonds. The zero-order valence-corrected chi connectivity index (χ0v) is 16.0. The number of aryl methyl sites for hydroxylation is 1. The number of hydrogen-bond donors (Lipinski definition) is 3. The lowest BCUT2D eigenvalue weighted by Crippen LogP contribution is -2.13. The van der Waals surface area contributed by atoms with Gasteiger partial charge in [-0.2, -0.15) is 0 Å². The molecule has 3 heterocycles. The first-order valence-corrected chi connectivity index (χ1v) is 8.79. The number of aromatic nitrogens is 5. The molecule has 138 valence electrons. The highest BCUT2D eigenvalue weighted by molar-refractivity contribution is 5.60. The van der Waals surface area contributed by atoms with Crippen LogP contribution in [0.15, 0.2) is 23.4 Å². The van der Waals surface area contributed by atoms with Crippen LogP contribution in [0.5, 0.6) is 0 Å². The minimum atomic E-state index is -0.188. The molecule has 26 heavy (non-hydrogen) atoms. The van der Waals surface area contributed by atoms with Crippen molar-refractivity contribution in [1.29, 1.82) is 0 Å². The topological polar surface area (TPSA) is 93.5 Å². The van der Waals surface area contributed by atoms with Gasteiger partial charge < -0.3 is 15.0 Å². The van der Waals surface area contributed by atoms with Crippen LogP contribution in [0.4, 0.5) is 0 Å². The van der Waals surface area contributed by atoms with Crippen LogP contribution in [0, 0.1) is 6.92 Å². The predicted octanol–water partition coefficient (Wildman–Crippen LogP) is 2.57. The highest BCUT2D eigenvalue weighted by Gasteiger charge is 2.21. The SMILES string of the molecule is Cc1[nH]c(Cc2nccnc2-c2c[nH][nH]c2=O)c(C(C)C)c1CN(C)C. The molecule has 0 aliphatic carbocycles. The molecule has 3 aromatic heterocycles. The summed E-state index contributed by atoms with van der Waals surface area (Å²) in [5.74, 6) is 0.390. The molecule has 0 saturated heterocycles. The van der Waals surface area contributed by atoms with Gasteiger partial charge in [0.2, 0.25) is 0 Å². The van der Waals surface area contributed by atoms with E-state index in [-0.39, 0.29) is 5.56 Å². The van der Waals surface area contributed by atoms with Gasteiger partial charge in [-0.3, -0.25) is 19.9 Å². The Kier molecular flexibility index (Phi) is 5.08. The summed E-state index contributed by atoms with van der Waals surface area (Å²) < 4.78 is 0. The van der Waals surface area contributed by atoms with E-state index >= 15 is 0 Å². The maximum atomic E-state index is 12.0. The van der Waals surface area contributed by atoms with Crippen LogP contribution in [0.2, 0.25) is 0 Å². The molecule has 0 fully saturated rings. The average Bonchev–Trinajstić information content (AvgIpc) is 3.11. The normalized spacial score (nSPS) is 11.7. The van der Waals surface area contributed by atoms with Gasteiger partial charge in [-0.1, -0.05) is 13.8 Å². The second-order valence-corrected chi connectivity index (χ2v) is 7.20. The summed E-state index contributed by atoms with van der Waals surface area (Å²) >= 11 is 0. The first-order valence-electron chi connectivity index (χ1n) is 8.79. The summed E-state index contributed by atoms with van der Waals surface area (Å²) in [6.45, 7) is 7.42. The van der Waals surface area contributed by atoms with E-state index in [1.54, 1.807) is 18.6 Å². The highest BCUT2D eigenvalue weighted by atomic mass is 16.1. The van der Waals surface area contributed by atoms with Gasteiger partial charge in [-0.15, -0.1) is 0 Å². The van der Waals surface area contributed by atoms with E-state index in [4.69, 9.17) is 0 Å². The lowest BCUT2D eigenvalue weighted by molar-refractivity contribution is 0.399. The van der Waals surface area contributed by atoms with Crippen LogP contribution in [-0.2, 0) is 13.0 Å². The first-order chi connectivity index (χ1) is 12.4. The lowest BCUT2D eigenvalue weighted by atomic mass is 9.95. The predicted molar refractivity (Wildman–Crippen MR) is 102 cm³/mol. The van der Waals surface area contributed by atoms with Crippen LogP contribution in [0.3, 0.4) is 0 Å². The third kappa shape index (κ3) is 3.48. The Hall–Kier alpha value is -2.67. The fourth-order valence-corrected chi connectivity index (χ4v) is 3.48. The van der Waals surface area contributed by atoms with Gasteiger partial charge in [0.15, 0.2) is 0 Å². The van der Waals surface area contributed by atoms with E-state index < -0.39 is 0 Å². The van der Waals surface area contributed by atoms with E-state index in [1.807, 2.05) is 0 Å². The molecule has 7 nitrogen and oxygen atoms in total. The maximum absolute atomic E-state index is 12.0. The molecule has 0 bridgehead atoms. The smallest absolute Gasteiger partial charge is 0.273 e. The van der Waals surface area contributed by atoms with Gasteiger partial charge in [-0.05, 0) is 38.1 Å². The van der Waals surface area contributed by atoms with Crippen molar-refractivity contribution in [2.24, 2.45) is 0 Å². The van der Waals surface area contributed by atoms with Crippen molar-refractivity contribution in [2.45, 2.75) is 39.7 Å². The summed E-state index contributed by atoms with van der Waals surface area (Å²) in [4.78, 5) is 26.7. The summed E-state index contributed by atoms with van der Waals surface area (Å²) in [5, 5.41) is 5.29. The summed E-state index contributed by atoms with van der Waals surface area (Å²) in [5.41, 5.74) is 6.72. The Balaban J connectivity index is 2.06. The van der Waals surface area contributed by atoms with Gasteiger partial charge in [-0.25, -0.2) is 0 Å². The van der Waals surface area contributed by atoms with Crippen molar-refractivity contribution in [3.05, 3.63) is 57.2 Å². The van der Waals surface area contributed by atoms with Crippen molar-refractivity contribution < 1.29 is 0 Å². The molecular formula is C19H26N6O. The Labute approximate surface area is 152 Å². The van der Waals surface area contributed by atoms with E-state index in [0.29, 0.717) is 23.6 Å². The van der Waals surface area contributed by atoms with Gasteiger partial charge >= 0.3 is 0 Å². The molecule has 0 aliphatic heterocycles. The highest BCUT2D eigenvalue weighted by Crippen LogP contribution is 2.30. The maximum Gasteiger partial charge on any atom is 0.273 e. The van der Waals surface area contributed by atoms with Crippen LogP contribution < -0.4 is 5.56 Å². The molecule has 3 N–H and O–H groups in total. The third-order valence-electron chi connectivity index (χ3n) is 4.51. The van der Waals surface area contributed by atoms with Gasteiger partial charge in [0.25, 0.3) is 5.56 Å². The van der Waals surface area contributed by atoms with Crippen LogP contribution in [0.1, 0.15) is 48.0 Å². The quantitative estimate of drug-likeness (QED) is 0.634. The molecule has 0 radical (unpaired) electrons. The van der Waals surface area contributed by atoms with Crippen LogP contribution in [-0.4, -0.2) is 44.1 Å². The zero-order chi connectivity index (χ0) is 18.8. The fourth-order valence-electron chi connectivity index (χ4n) is 3.48. The van der Waals surface area contributed by atoms with Gasteiger partial charge in [0.05, 0.1) is 17.0 Å². The van der Waals surface area contributed by atoms with Gasteiger partial charge in [0.1, 0.15) is 0 Å². The molecular weight excluding hydrogens is 328 g/mol. The second-order valence-electron chi connectivity index (χ2n) is 7.20. The van der Waals surface area contributed by atoms with E-state index in [2.05, 4.69) is 64.9 Å². The second kappa shape index (κ2) is 7.29. The van der Waals surface area contributed by atoms with E-state index in [1.165, 1.54) is 16.8 Å². The summed E-state index contributed by atoms with van der Waals surface area (Å²) in [7, 11) is 4.16. The molecule has 7 heteroatoms. The minimum Gasteiger partial charge on any atom is -0.362 e. The molecule has 0 saturated carbocycles. The molecule has 0 aliphatic rings. The average molecular weight is 354 g/mol. The van der Waals surface area contributed by atoms with Gasteiger partial charge in [0, 0.05) is 42.9 Å². The Morgan fingerprint density at radius 1 is 1.19 bits per heavy atom. The lowest BCUT2D eigenvalue weighted by Gasteiger charge is -2.15. The Bertz CT molecular complexity index is 947. The Morgan fingerprint density at radius 2 is 1.92 bits per heavy atom. The van der Waals surface area contributed by atoms with Crippen molar-refractivity contribution >= 4 is 0 Å². The van der Waals surface area contributed by atoms with Crippen molar-refractivity contribution in [1.82, 2.24) is 30.0 Å². The summed E-state index contributed by atoms with van der Waals surface area (Å²) in [6, 6.07) is 0. The third-order valence-corrected chi connectivity index (χ3v) is 4.51. The number of rotatable bonds is 6. The fraction of sp³-hybridized carbons (Fsp3) is 0.421. The van der Waals surface area contributed by atoms with Crippen molar-refractivity contribution in [2.75, 3.05) is 14.1 Å². The number of nitrogens with zero attached hydrogens (tertiary/aromatic N) is 3. The van der Waals surface area contributed by atoms with Crippen molar-refractivity contribution in [3.8, 4) is 11.3 Å². The number of nitrogens with one attached hydrogen (secondary N) is 3. The molecule has 0 atom stereocenters. The zero-order valence-electron chi connectivity index (χ0n) is 16.0. The largest absolute Gasteiger partial charge is 0.362 e. The standard InChI is InChI=1S/C19H26N6O/c1-11(2)17-14(10-25(4)5)12(3)23-15(17)8-16-18(21-7-6-20-16)13-9-22-24-19(13)26/h6-7,9,11,23H,8,10H2,1-5H3,(H2,22,24,26). The van der Waals surface area contributed by atoms with Crippen molar-refractivity contribution in [3.63, 3.8) is 0 Å².